The van der Waals surface area contributed by atoms with E-state index < -0.39 is 16.4 Å². The Morgan fingerprint density at radius 2 is 1.21 bits per heavy atom. The predicted molar refractivity (Wildman–Crippen MR) is 96.9 cm³/mol. The molecule has 3 nitrogen and oxygen atoms in total. The standard InChI is InChI=1S/C5H5.3C4H10O.F2GeH.Zr/c1-2-4-5-3-1;3*1-2-3-4-5;1-3-2;/h1-3H,4H2;3*5H,2-4H2,1H3;3H;/q-1;;;;;. The molecule has 0 amide bonds. The Kier molecular flexibility index (Phi) is 73.7. The van der Waals surface area contributed by atoms with Crippen LogP contribution in [0.1, 0.15) is 65.7 Å². The Morgan fingerprint density at radius 1 is 0.875 bits per heavy atom. The quantitative estimate of drug-likeness (QED) is 0.392. The number of aliphatic hydroxyl groups excluding tert-OH is 3. The molecular formula is C17H36F2GeO3Zr-. The summed E-state index contributed by atoms with van der Waals surface area (Å²) >= 11 is -2.69. The molecule has 3 N–H and O–H groups in total. The SMILES string of the molecule is CCCCO.CCCCO.CCCCO.[C-]1=CC=CC1.[F][GeH][F].[Zr]. The zero-order valence-corrected chi connectivity index (χ0v) is 20.4. The van der Waals surface area contributed by atoms with Crippen molar-refractivity contribution in [3.05, 3.63) is 24.3 Å². The normalized spacial score (nSPS) is 9.67. The molecule has 1 aliphatic rings. The molecule has 0 unspecified atom stereocenters. The molecule has 7 heteroatoms. The maximum Gasteiger partial charge on any atom is 0 e. The molecule has 0 heterocycles. The topological polar surface area (TPSA) is 60.7 Å². The summed E-state index contributed by atoms with van der Waals surface area (Å²) in [6.07, 6.45) is 16.1. The van der Waals surface area contributed by atoms with Gasteiger partial charge in [0.25, 0.3) is 0 Å². The van der Waals surface area contributed by atoms with Crippen LogP contribution in [0.15, 0.2) is 18.2 Å². The van der Waals surface area contributed by atoms with Gasteiger partial charge in [0, 0.05) is 46.0 Å². The Morgan fingerprint density at radius 3 is 1.25 bits per heavy atom. The summed E-state index contributed by atoms with van der Waals surface area (Å²) in [5.74, 6) is 0. The molecule has 0 aromatic carbocycles. The van der Waals surface area contributed by atoms with E-state index in [1.165, 1.54) is 0 Å². The van der Waals surface area contributed by atoms with Crippen LogP contribution >= 0.6 is 0 Å². The molecule has 0 aromatic rings. The third-order valence-electron chi connectivity index (χ3n) is 2.12. The second-order valence-corrected chi connectivity index (χ2v) is 4.66. The molecule has 0 fully saturated rings. The van der Waals surface area contributed by atoms with Crippen molar-refractivity contribution in [3.8, 4) is 0 Å². The molecule has 0 aromatic heterocycles. The van der Waals surface area contributed by atoms with Crippen molar-refractivity contribution in [1.29, 1.82) is 0 Å². The van der Waals surface area contributed by atoms with E-state index in [1.807, 2.05) is 12.2 Å². The van der Waals surface area contributed by atoms with Gasteiger partial charge in [-0.15, -0.1) is 6.42 Å². The van der Waals surface area contributed by atoms with Gasteiger partial charge in [0.2, 0.25) is 0 Å². The van der Waals surface area contributed by atoms with Gasteiger partial charge in [-0.2, -0.15) is 6.08 Å². The Labute approximate surface area is 174 Å². The van der Waals surface area contributed by atoms with Crippen molar-refractivity contribution in [2.45, 2.75) is 65.7 Å². The van der Waals surface area contributed by atoms with Crippen LogP contribution in [-0.4, -0.2) is 51.5 Å². The van der Waals surface area contributed by atoms with Gasteiger partial charge >= 0.3 is 23.4 Å². The van der Waals surface area contributed by atoms with Gasteiger partial charge in [-0.1, -0.05) is 40.0 Å². The van der Waals surface area contributed by atoms with E-state index in [0.717, 1.165) is 44.9 Å². The minimum Gasteiger partial charge on any atom is 0 e. The first-order valence-electron chi connectivity index (χ1n) is 8.22. The van der Waals surface area contributed by atoms with E-state index in [4.69, 9.17) is 15.3 Å². The van der Waals surface area contributed by atoms with Crippen molar-refractivity contribution >= 4 is 16.4 Å². The van der Waals surface area contributed by atoms with Crippen LogP contribution in [0.2, 0.25) is 0 Å². The summed E-state index contributed by atoms with van der Waals surface area (Å²) in [5.41, 5.74) is 0. The smallest absolute Gasteiger partial charge is 0 e. The number of halogens is 2. The Balaban J connectivity index is -0.0000000627. The van der Waals surface area contributed by atoms with Crippen LogP contribution in [0.5, 0.6) is 0 Å². The maximum absolute atomic E-state index is 9.78. The van der Waals surface area contributed by atoms with Gasteiger partial charge in [-0.25, -0.2) is 12.2 Å². The summed E-state index contributed by atoms with van der Waals surface area (Å²) in [5, 5.41) is 24.2. The number of hydrogen-bond acceptors (Lipinski definition) is 3. The van der Waals surface area contributed by atoms with Crippen LogP contribution in [0.3, 0.4) is 0 Å². The first kappa shape index (κ1) is 35.7. The molecule has 0 saturated heterocycles. The first-order valence-corrected chi connectivity index (χ1v) is 10.1. The third kappa shape index (κ3) is 78.2. The van der Waals surface area contributed by atoms with E-state index in [2.05, 4.69) is 32.9 Å². The molecule has 1 rings (SSSR count). The van der Waals surface area contributed by atoms with Gasteiger partial charge in [-0.05, 0) is 19.3 Å². The Bertz CT molecular complexity index is 180. The fourth-order valence-corrected chi connectivity index (χ4v) is 0.815. The van der Waals surface area contributed by atoms with Gasteiger partial charge in [0.15, 0.2) is 0 Å². The second kappa shape index (κ2) is 49.5. The van der Waals surface area contributed by atoms with E-state index in [1.54, 1.807) is 0 Å². The average molecular weight is 490 g/mol. The van der Waals surface area contributed by atoms with Gasteiger partial charge in [0.05, 0.1) is 0 Å². The monoisotopic (exact) mass is 490 g/mol. The summed E-state index contributed by atoms with van der Waals surface area (Å²) < 4.78 is 19.6. The zero-order chi connectivity index (χ0) is 18.6. The van der Waals surface area contributed by atoms with Crippen LogP contribution < -0.4 is 0 Å². The minimum atomic E-state index is -2.69. The summed E-state index contributed by atoms with van der Waals surface area (Å²) in [6, 6.07) is 0. The molecule has 0 bridgehead atoms. The van der Waals surface area contributed by atoms with Crippen LogP contribution in [-0.2, 0) is 26.2 Å². The molecular weight excluding hydrogens is 454 g/mol. The van der Waals surface area contributed by atoms with E-state index >= 15 is 0 Å². The fraction of sp³-hybridized carbons (Fsp3) is 0.765. The molecule has 0 atom stereocenters. The molecule has 1 aliphatic carbocycles. The molecule has 0 spiro atoms. The summed E-state index contributed by atoms with van der Waals surface area (Å²) in [6.45, 7) is 7.19. The second-order valence-electron chi connectivity index (χ2n) is 4.32. The van der Waals surface area contributed by atoms with E-state index in [0.29, 0.717) is 19.8 Å². The molecule has 0 saturated carbocycles. The molecule has 145 valence electrons. The number of unbranched alkanes of at least 4 members (excludes halogenated alkanes) is 3. The third-order valence-corrected chi connectivity index (χ3v) is 2.12. The van der Waals surface area contributed by atoms with Crippen LogP contribution in [0.25, 0.3) is 0 Å². The van der Waals surface area contributed by atoms with Gasteiger partial charge in [-0.3, -0.25) is 6.08 Å². The van der Waals surface area contributed by atoms with Gasteiger partial charge < -0.3 is 15.3 Å². The molecule has 0 aliphatic heterocycles. The van der Waals surface area contributed by atoms with Crippen molar-refractivity contribution in [2.75, 3.05) is 19.8 Å². The Hall–Kier alpha value is 0.646. The van der Waals surface area contributed by atoms with Crippen LogP contribution in [0, 0.1) is 6.08 Å². The average Bonchev–Trinajstić information content (AvgIpc) is 3.11. The minimum absolute atomic E-state index is 0. The van der Waals surface area contributed by atoms with Gasteiger partial charge in [0.1, 0.15) is 0 Å². The predicted octanol–water partition coefficient (Wildman–Crippen LogP) is 3.83. The van der Waals surface area contributed by atoms with Crippen molar-refractivity contribution < 1.29 is 48.5 Å². The first-order chi connectivity index (χ1) is 11.2. The molecule has 1 radical (unpaired) electrons. The molecule has 24 heavy (non-hydrogen) atoms. The van der Waals surface area contributed by atoms with Crippen LogP contribution in [0.4, 0.5) is 7.00 Å². The van der Waals surface area contributed by atoms with Crippen molar-refractivity contribution in [1.82, 2.24) is 0 Å². The number of aliphatic hydroxyl groups is 3. The van der Waals surface area contributed by atoms with Crippen molar-refractivity contribution in [3.63, 3.8) is 0 Å². The summed E-state index contributed by atoms with van der Waals surface area (Å²) in [7, 11) is 0. The fourth-order valence-electron chi connectivity index (χ4n) is 0.815. The van der Waals surface area contributed by atoms with E-state index in [9.17, 15) is 7.00 Å². The number of rotatable bonds is 6. The number of hydrogen-bond donors (Lipinski definition) is 3. The van der Waals surface area contributed by atoms with Crippen molar-refractivity contribution in [2.24, 2.45) is 0 Å². The summed E-state index contributed by atoms with van der Waals surface area (Å²) in [4.78, 5) is 0. The van der Waals surface area contributed by atoms with E-state index in [-0.39, 0.29) is 26.2 Å². The largest absolute Gasteiger partial charge is 0 e. The maximum atomic E-state index is 9.78. The number of allylic oxidation sites excluding steroid dienone is 4. The zero-order valence-electron chi connectivity index (χ0n) is 15.5.